The fourth-order valence-electron chi connectivity index (χ4n) is 2.17. The van der Waals surface area contributed by atoms with Crippen molar-refractivity contribution >= 4 is 11.8 Å². The van der Waals surface area contributed by atoms with Crippen molar-refractivity contribution in [2.45, 2.75) is 51.2 Å². The van der Waals surface area contributed by atoms with Gasteiger partial charge in [-0.15, -0.1) is 11.8 Å². The highest BCUT2D eigenvalue weighted by molar-refractivity contribution is 7.99. The average Bonchev–Trinajstić information content (AvgIpc) is 2.96. The highest BCUT2D eigenvalue weighted by atomic mass is 32.2. The van der Waals surface area contributed by atoms with Crippen LogP contribution in [0, 0.1) is 0 Å². The van der Waals surface area contributed by atoms with Crippen molar-refractivity contribution in [3.63, 3.8) is 0 Å². The molecule has 0 aliphatic heterocycles. The molecule has 1 heterocycles. The zero-order valence-corrected chi connectivity index (χ0v) is 14.1. The number of thioether (sulfide) groups is 1. The van der Waals surface area contributed by atoms with E-state index in [0.717, 1.165) is 25.0 Å². The van der Waals surface area contributed by atoms with Gasteiger partial charge in [-0.1, -0.05) is 32.9 Å². The summed E-state index contributed by atoms with van der Waals surface area (Å²) in [6.45, 7) is 6.39. The quantitative estimate of drug-likeness (QED) is 0.732. The van der Waals surface area contributed by atoms with Gasteiger partial charge in [-0.05, 0) is 36.5 Å². The number of hydrogen-bond acceptors (Lipinski definition) is 4. The molecule has 0 amide bonds. The molecule has 0 saturated heterocycles. The molecule has 0 saturated carbocycles. The third-order valence-electron chi connectivity index (χ3n) is 3.46. The maximum atomic E-state index is 11.0. The molecule has 1 unspecified atom stereocenters. The molecule has 0 aliphatic carbocycles. The summed E-state index contributed by atoms with van der Waals surface area (Å²) in [6, 6.07) is 6.41. The molecule has 0 fully saturated rings. The first kappa shape index (κ1) is 16.7. The van der Waals surface area contributed by atoms with Crippen LogP contribution in [0.15, 0.2) is 23.0 Å². The minimum absolute atomic E-state index is 0.0398. The highest BCUT2D eigenvalue weighted by Crippen LogP contribution is 2.27. The molecule has 22 heavy (non-hydrogen) atoms. The van der Waals surface area contributed by atoms with Gasteiger partial charge in [-0.25, -0.2) is 9.89 Å². The van der Waals surface area contributed by atoms with Gasteiger partial charge in [-0.3, -0.25) is 4.98 Å². The molecule has 0 radical (unpaired) electrons. The van der Waals surface area contributed by atoms with Crippen LogP contribution in [0.25, 0.3) is 0 Å². The van der Waals surface area contributed by atoms with E-state index >= 15 is 0 Å². The number of hydrogen-bond donors (Lipinski definition) is 2. The van der Waals surface area contributed by atoms with Crippen molar-refractivity contribution in [2.24, 2.45) is 0 Å². The zero-order valence-electron chi connectivity index (χ0n) is 13.3. The summed E-state index contributed by atoms with van der Waals surface area (Å²) in [4.78, 5) is 13.7. The molecule has 1 atom stereocenters. The van der Waals surface area contributed by atoms with Crippen molar-refractivity contribution in [1.82, 2.24) is 15.2 Å². The lowest BCUT2D eigenvalue weighted by atomic mass is 10.1. The van der Waals surface area contributed by atoms with Gasteiger partial charge in [0, 0.05) is 0 Å². The molecule has 1 aromatic carbocycles. The summed E-state index contributed by atoms with van der Waals surface area (Å²) >= 11 is 1.64. The Hall–Kier alpha value is -1.69. The summed E-state index contributed by atoms with van der Waals surface area (Å²) in [6.07, 6.45) is 2.88. The van der Waals surface area contributed by atoms with Crippen LogP contribution in [0.5, 0.6) is 5.75 Å². The normalized spacial score (nSPS) is 12.3. The smallest absolute Gasteiger partial charge is 0.340 e. The third-order valence-corrected chi connectivity index (χ3v) is 4.70. The lowest BCUT2D eigenvalue weighted by molar-refractivity contribution is 0.281. The van der Waals surface area contributed by atoms with Crippen LogP contribution in [0.1, 0.15) is 44.1 Å². The summed E-state index contributed by atoms with van der Waals surface area (Å²) in [7, 11) is 0. The Balaban J connectivity index is 2.01. The fourth-order valence-corrected chi connectivity index (χ4v) is 3.05. The molecule has 0 spiro atoms. The van der Waals surface area contributed by atoms with Crippen LogP contribution in [-0.4, -0.2) is 20.6 Å². The number of nitrogens with zero attached hydrogens (tertiary/aromatic N) is 1. The van der Waals surface area contributed by atoms with E-state index in [9.17, 15) is 4.79 Å². The largest absolute Gasteiger partial charge is 0.480 e. The van der Waals surface area contributed by atoms with Gasteiger partial charge in [0.05, 0.1) is 5.75 Å². The van der Waals surface area contributed by atoms with Gasteiger partial charge >= 0.3 is 5.69 Å². The van der Waals surface area contributed by atoms with Crippen LogP contribution in [0.3, 0.4) is 0 Å². The number of aromatic nitrogens is 3. The summed E-state index contributed by atoms with van der Waals surface area (Å²) in [5, 5.41) is 6.29. The van der Waals surface area contributed by atoms with Crippen molar-refractivity contribution in [3.05, 3.63) is 45.6 Å². The second-order valence-electron chi connectivity index (χ2n) is 5.04. The number of ether oxygens (including phenoxy) is 1. The SMILES string of the molecule is CCc1ccc(OC(CC)SCc2n[nH]c(=O)[nH]2)c(CC)c1. The van der Waals surface area contributed by atoms with Gasteiger partial charge in [-0.2, -0.15) is 5.10 Å². The Morgan fingerprint density at radius 2 is 2.09 bits per heavy atom. The molecule has 2 N–H and O–H groups in total. The summed E-state index contributed by atoms with van der Waals surface area (Å²) in [5.41, 5.74) is 2.34. The van der Waals surface area contributed by atoms with E-state index in [0.29, 0.717) is 11.6 Å². The second-order valence-corrected chi connectivity index (χ2v) is 6.19. The minimum atomic E-state index is -0.270. The number of rotatable bonds is 8. The molecular weight excluding hydrogens is 298 g/mol. The topological polar surface area (TPSA) is 70.8 Å². The first-order valence-corrected chi connectivity index (χ1v) is 8.74. The fraction of sp³-hybridized carbons (Fsp3) is 0.500. The maximum Gasteiger partial charge on any atom is 0.340 e. The number of aryl methyl sites for hydroxylation is 2. The lowest BCUT2D eigenvalue weighted by Gasteiger charge is -2.19. The Bertz CT molecular complexity index is 651. The molecule has 2 rings (SSSR count). The summed E-state index contributed by atoms with van der Waals surface area (Å²) < 4.78 is 6.15. The van der Waals surface area contributed by atoms with Gasteiger partial charge in [0.25, 0.3) is 0 Å². The number of aromatic amines is 2. The van der Waals surface area contributed by atoms with Crippen LogP contribution < -0.4 is 10.4 Å². The summed E-state index contributed by atoms with van der Waals surface area (Å²) in [5.74, 6) is 2.22. The Morgan fingerprint density at radius 1 is 1.27 bits per heavy atom. The minimum Gasteiger partial charge on any atom is -0.480 e. The molecular formula is C16H23N3O2S. The van der Waals surface area contributed by atoms with Crippen molar-refractivity contribution < 1.29 is 4.74 Å². The predicted octanol–water partition coefficient (Wildman–Crippen LogP) is 3.27. The maximum absolute atomic E-state index is 11.0. The van der Waals surface area contributed by atoms with E-state index < -0.39 is 0 Å². The van der Waals surface area contributed by atoms with Crippen molar-refractivity contribution in [2.75, 3.05) is 0 Å². The number of H-pyrrole nitrogens is 2. The Kier molecular flexibility index (Phi) is 6.12. The van der Waals surface area contributed by atoms with E-state index in [1.807, 2.05) is 0 Å². The van der Waals surface area contributed by atoms with Crippen LogP contribution in [0.2, 0.25) is 0 Å². The van der Waals surface area contributed by atoms with Crippen molar-refractivity contribution in [3.8, 4) is 5.75 Å². The number of nitrogens with one attached hydrogen (secondary N) is 2. The van der Waals surface area contributed by atoms with Crippen LogP contribution in [-0.2, 0) is 18.6 Å². The van der Waals surface area contributed by atoms with Crippen molar-refractivity contribution in [1.29, 1.82) is 0 Å². The third kappa shape index (κ3) is 4.40. The van der Waals surface area contributed by atoms with Crippen LogP contribution in [0.4, 0.5) is 0 Å². The standard InChI is InChI=1S/C16H23N3O2S/c1-4-11-7-8-13(12(5-2)9-11)21-15(6-3)22-10-14-17-16(20)19-18-14/h7-9,15H,4-6,10H2,1-3H3,(H2,17,18,19,20). The van der Waals surface area contributed by atoms with Gasteiger partial charge in [0.2, 0.25) is 0 Å². The van der Waals surface area contributed by atoms with E-state index in [2.05, 4.69) is 54.2 Å². The molecule has 0 aliphatic rings. The molecule has 6 heteroatoms. The van der Waals surface area contributed by atoms with E-state index in [1.54, 1.807) is 11.8 Å². The molecule has 120 valence electrons. The molecule has 5 nitrogen and oxygen atoms in total. The predicted molar refractivity (Wildman–Crippen MR) is 90.4 cm³/mol. The van der Waals surface area contributed by atoms with Gasteiger partial charge in [0.15, 0.2) is 0 Å². The zero-order chi connectivity index (χ0) is 15.9. The first-order valence-electron chi connectivity index (χ1n) is 7.69. The average molecular weight is 321 g/mol. The van der Waals surface area contributed by atoms with Gasteiger partial charge < -0.3 is 4.74 Å². The molecule has 0 bridgehead atoms. The monoisotopic (exact) mass is 321 g/mol. The highest BCUT2D eigenvalue weighted by Gasteiger charge is 2.13. The van der Waals surface area contributed by atoms with E-state index in [-0.39, 0.29) is 11.1 Å². The lowest BCUT2D eigenvalue weighted by Crippen LogP contribution is -2.13. The Morgan fingerprint density at radius 3 is 2.68 bits per heavy atom. The van der Waals surface area contributed by atoms with E-state index in [4.69, 9.17) is 4.74 Å². The first-order chi connectivity index (χ1) is 10.7. The second kappa shape index (κ2) is 8.08. The van der Waals surface area contributed by atoms with Crippen LogP contribution >= 0.6 is 11.8 Å². The Labute approximate surface area is 134 Å². The molecule has 1 aromatic heterocycles. The van der Waals surface area contributed by atoms with E-state index in [1.165, 1.54) is 11.1 Å². The number of benzene rings is 1. The molecule has 2 aromatic rings. The van der Waals surface area contributed by atoms with Gasteiger partial charge in [0.1, 0.15) is 17.0 Å².